The molecule has 0 radical (unpaired) electrons. The minimum absolute atomic E-state index is 0.0227. The maximum Gasteiger partial charge on any atom is 0.239 e. The molecule has 7 rings (SSSR count). The number of rotatable bonds is 8. The first-order valence-corrected chi connectivity index (χ1v) is 16.1. The van der Waals surface area contributed by atoms with Crippen molar-refractivity contribution in [3.05, 3.63) is 131 Å². The van der Waals surface area contributed by atoms with Crippen molar-refractivity contribution in [1.29, 1.82) is 0 Å². The summed E-state index contributed by atoms with van der Waals surface area (Å²) in [5, 5.41) is 7.35. The van der Waals surface area contributed by atoms with Crippen molar-refractivity contribution in [2.45, 2.75) is 39.2 Å². The highest BCUT2D eigenvalue weighted by Crippen LogP contribution is 2.48. The Kier molecular flexibility index (Phi) is 8.21. The minimum Gasteiger partial charge on any atom is -0.454 e. The van der Waals surface area contributed by atoms with Gasteiger partial charge in [-0.05, 0) is 84.0 Å². The van der Waals surface area contributed by atoms with Gasteiger partial charge in [-0.15, -0.1) is 0 Å². The van der Waals surface area contributed by atoms with Gasteiger partial charge in [0.1, 0.15) is 11.6 Å². The van der Waals surface area contributed by atoms with Crippen LogP contribution in [-0.2, 0) is 16.0 Å². The number of carbonyl (C=O) groups is 2. The highest BCUT2D eigenvalue weighted by atomic mass is 19.1. The van der Waals surface area contributed by atoms with Crippen LogP contribution in [0, 0.1) is 17.0 Å². The maximum absolute atomic E-state index is 15.2. The summed E-state index contributed by atoms with van der Waals surface area (Å²) in [6.07, 6.45) is 3.29. The number of ketones is 1. The van der Waals surface area contributed by atoms with Crippen molar-refractivity contribution in [3.8, 4) is 11.5 Å². The molecule has 1 aromatic heterocycles. The van der Waals surface area contributed by atoms with E-state index in [0.29, 0.717) is 42.7 Å². The van der Waals surface area contributed by atoms with E-state index in [4.69, 9.17) is 4.74 Å². The number of halogens is 2. The highest BCUT2D eigenvalue weighted by Gasteiger charge is 2.42. The molecule has 244 valence electrons. The van der Waals surface area contributed by atoms with E-state index in [0.717, 1.165) is 33.5 Å². The average molecular weight is 647 g/mol. The SMILES string of the molecule is CC1(C)CC(=O)C2=C(C1)Nc1ccccc1N(CC(=O)NCCc1c[nH]c3ccc(F)cc13)C2c1ccc(F)c(Oc2ccccc2)c1. The number of para-hydroxylation sites is 3. The van der Waals surface area contributed by atoms with Crippen molar-refractivity contribution >= 4 is 34.0 Å². The number of amides is 1. The number of nitrogens with one attached hydrogen (secondary N) is 3. The lowest BCUT2D eigenvalue weighted by Gasteiger charge is -2.38. The van der Waals surface area contributed by atoms with Gasteiger partial charge >= 0.3 is 0 Å². The Balaban J connectivity index is 1.25. The molecule has 9 heteroatoms. The Morgan fingerprint density at radius 1 is 0.979 bits per heavy atom. The summed E-state index contributed by atoms with van der Waals surface area (Å²) in [5.41, 5.74) is 4.92. The van der Waals surface area contributed by atoms with E-state index < -0.39 is 11.9 Å². The lowest BCUT2D eigenvalue weighted by molar-refractivity contribution is -0.120. The number of hydrogen-bond donors (Lipinski definition) is 3. The zero-order valence-corrected chi connectivity index (χ0v) is 26.8. The van der Waals surface area contributed by atoms with Gasteiger partial charge in [0, 0.05) is 41.3 Å². The van der Waals surface area contributed by atoms with E-state index in [2.05, 4.69) is 29.5 Å². The smallest absolute Gasteiger partial charge is 0.239 e. The second-order valence-electron chi connectivity index (χ2n) is 13.2. The number of Topliss-reactive ketones (excluding diaryl/α,β-unsaturated/α-hetero) is 1. The van der Waals surface area contributed by atoms with Gasteiger partial charge in [0.25, 0.3) is 0 Å². The standard InChI is InChI=1S/C39H36F2N4O3/c1-39(2)20-32-37(34(46)21-39)38(24-12-14-29(41)35(18-24)48-27-8-4-3-5-9-27)45(33-11-7-6-10-31(33)44-32)23-36(47)42-17-16-25-22-43-30-15-13-26(40)19-28(25)30/h3-15,18-19,22,38,43-44H,16-17,20-21,23H2,1-2H3,(H,42,47). The number of fused-ring (bicyclic) bond motifs is 2. The molecule has 0 fully saturated rings. The second kappa shape index (κ2) is 12.6. The predicted molar refractivity (Wildman–Crippen MR) is 183 cm³/mol. The number of allylic oxidation sites excluding steroid dienone is 1. The number of anilines is 2. The van der Waals surface area contributed by atoms with Crippen LogP contribution in [0.5, 0.6) is 11.5 Å². The zero-order valence-electron chi connectivity index (χ0n) is 26.8. The van der Waals surface area contributed by atoms with Gasteiger partial charge in [0.2, 0.25) is 5.91 Å². The number of benzene rings is 4. The summed E-state index contributed by atoms with van der Waals surface area (Å²) < 4.78 is 35.1. The Morgan fingerprint density at radius 2 is 1.77 bits per heavy atom. The Morgan fingerprint density at radius 3 is 2.60 bits per heavy atom. The highest BCUT2D eigenvalue weighted by molar-refractivity contribution is 6.02. The summed E-state index contributed by atoms with van der Waals surface area (Å²) in [7, 11) is 0. The molecule has 1 aliphatic heterocycles. The van der Waals surface area contributed by atoms with Crippen molar-refractivity contribution < 1.29 is 23.1 Å². The second-order valence-corrected chi connectivity index (χ2v) is 13.2. The molecule has 0 saturated carbocycles. The van der Waals surface area contributed by atoms with Crippen molar-refractivity contribution in [3.63, 3.8) is 0 Å². The lowest BCUT2D eigenvalue weighted by atomic mass is 9.73. The molecule has 0 bridgehead atoms. The molecule has 0 spiro atoms. The van der Waals surface area contributed by atoms with E-state index in [9.17, 15) is 14.0 Å². The van der Waals surface area contributed by atoms with Gasteiger partial charge in [-0.1, -0.05) is 50.2 Å². The minimum atomic E-state index is -0.708. The lowest BCUT2D eigenvalue weighted by Crippen LogP contribution is -2.42. The van der Waals surface area contributed by atoms with Gasteiger partial charge in [0.15, 0.2) is 17.3 Å². The fraction of sp³-hybridized carbons (Fsp3) is 0.231. The number of aromatic nitrogens is 1. The monoisotopic (exact) mass is 646 g/mol. The van der Waals surface area contributed by atoms with Crippen molar-refractivity contribution in [2.24, 2.45) is 5.41 Å². The topological polar surface area (TPSA) is 86.5 Å². The van der Waals surface area contributed by atoms with Crippen molar-refractivity contribution in [2.75, 3.05) is 23.3 Å². The normalized spacial score (nSPS) is 17.0. The van der Waals surface area contributed by atoms with Gasteiger partial charge in [-0.2, -0.15) is 0 Å². The molecule has 4 aromatic carbocycles. The van der Waals surface area contributed by atoms with E-state index in [1.165, 1.54) is 18.2 Å². The van der Waals surface area contributed by atoms with Crippen LogP contribution in [-0.4, -0.2) is 29.8 Å². The van der Waals surface area contributed by atoms with E-state index in [1.54, 1.807) is 30.3 Å². The largest absolute Gasteiger partial charge is 0.454 e. The summed E-state index contributed by atoms with van der Waals surface area (Å²) in [6, 6.07) is 25.1. The van der Waals surface area contributed by atoms with Crippen LogP contribution in [0.1, 0.15) is 43.9 Å². The molecule has 1 amide bonds. The molecule has 2 heterocycles. The molecule has 2 aliphatic rings. The van der Waals surface area contributed by atoms with Gasteiger partial charge in [0.05, 0.1) is 24.0 Å². The first-order chi connectivity index (χ1) is 23.1. The van der Waals surface area contributed by atoms with Crippen LogP contribution in [0.3, 0.4) is 0 Å². The molecule has 48 heavy (non-hydrogen) atoms. The van der Waals surface area contributed by atoms with Crippen LogP contribution in [0.2, 0.25) is 0 Å². The van der Waals surface area contributed by atoms with Crippen LogP contribution < -0.4 is 20.3 Å². The number of aromatic amines is 1. The molecular formula is C39H36F2N4O3. The molecule has 0 saturated heterocycles. The summed E-state index contributed by atoms with van der Waals surface area (Å²) in [5.74, 6) is -0.643. The molecular weight excluding hydrogens is 610 g/mol. The van der Waals surface area contributed by atoms with Gasteiger partial charge in [-0.3, -0.25) is 9.59 Å². The third-order valence-corrected chi connectivity index (χ3v) is 9.01. The Hall–Kier alpha value is -5.44. The first kappa shape index (κ1) is 31.2. The van der Waals surface area contributed by atoms with Gasteiger partial charge < -0.3 is 25.3 Å². The van der Waals surface area contributed by atoms with Crippen LogP contribution in [0.15, 0.2) is 108 Å². The van der Waals surface area contributed by atoms with Crippen LogP contribution in [0.25, 0.3) is 10.9 Å². The summed E-state index contributed by atoms with van der Waals surface area (Å²) in [6.45, 7) is 4.39. The molecule has 1 atom stereocenters. The number of ether oxygens (including phenoxy) is 1. The number of H-pyrrole nitrogens is 1. The number of hydrogen-bond acceptors (Lipinski definition) is 5. The third kappa shape index (κ3) is 6.28. The number of nitrogens with zero attached hydrogens (tertiary/aromatic N) is 1. The maximum atomic E-state index is 15.2. The van der Waals surface area contributed by atoms with Crippen molar-refractivity contribution in [1.82, 2.24) is 10.3 Å². The molecule has 1 unspecified atom stereocenters. The van der Waals surface area contributed by atoms with Gasteiger partial charge in [-0.25, -0.2) is 8.78 Å². The van der Waals surface area contributed by atoms with E-state index in [-0.39, 0.29) is 35.2 Å². The van der Waals surface area contributed by atoms with E-state index in [1.807, 2.05) is 53.6 Å². The number of carbonyl (C=O) groups excluding carboxylic acids is 2. The average Bonchev–Trinajstić information content (AvgIpc) is 3.39. The Bertz CT molecular complexity index is 2050. The van der Waals surface area contributed by atoms with Crippen LogP contribution >= 0.6 is 0 Å². The van der Waals surface area contributed by atoms with Crippen LogP contribution in [0.4, 0.5) is 20.2 Å². The fourth-order valence-electron chi connectivity index (χ4n) is 6.86. The molecule has 1 aliphatic carbocycles. The summed E-state index contributed by atoms with van der Waals surface area (Å²) >= 11 is 0. The fourth-order valence-corrected chi connectivity index (χ4v) is 6.86. The summed E-state index contributed by atoms with van der Waals surface area (Å²) in [4.78, 5) is 32.9. The molecule has 3 N–H and O–H groups in total. The molecule has 5 aromatic rings. The quantitative estimate of drug-likeness (QED) is 0.158. The van der Waals surface area contributed by atoms with E-state index >= 15 is 4.39 Å². The molecule has 7 nitrogen and oxygen atoms in total. The predicted octanol–water partition coefficient (Wildman–Crippen LogP) is 8.21. The zero-order chi connectivity index (χ0) is 33.4. The Labute approximate surface area is 277 Å². The first-order valence-electron chi connectivity index (χ1n) is 16.1. The third-order valence-electron chi connectivity index (χ3n) is 9.01.